The van der Waals surface area contributed by atoms with Crippen LogP contribution in [0.3, 0.4) is 0 Å². The maximum atomic E-state index is 13.6. The van der Waals surface area contributed by atoms with Gasteiger partial charge in [-0.2, -0.15) is 0 Å². The van der Waals surface area contributed by atoms with E-state index in [0.29, 0.717) is 24.5 Å². The third-order valence-electron chi connectivity index (χ3n) is 6.03. The number of methoxy groups -OCH3 is 1. The zero-order valence-electron chi connectivity index (χ0n) is 21.4. The van der Waals surface area contributed by atoms with Gasteiger partial charge in [0.15, 0.2) is 6.61 Å². The number of ether oxygens (including phenoxy) is 2. The molecule has 0 unspecified atom stereocenters. The fraction of sp³-hybridized carbons (Fsp3) is 0.333. The van der Waals surface area contributed by atoms with Crippen molar-refractivity contribution in [1.82, 2.24) is 10.2 Å². The summed E-state index contributed by atoms with van der Waals surface area (Å²) in [5, 5.41) is 3.03. The molecule has 1 N–H and O–H groups in total. The molecular formula is C30H36N2O4. The van der Waals surface area contributed by atoms with Crippen molar-refractivity contribution in [3.05, 3.63) is 95.6 Å². The van der Waals surface area contributed by atoms with Crippen LogP contribution in [0.2, 0.25) is 0 Å². The first-order chi connectivity index (χ1) is 17.5. The highest BCUT2D eigenvalue weighted by Gasteiger charge is 2.30. The van der Waals surface area contributed by atoms with Crippen molar-refractivity contribution in [3.63, 3.8) is 0 Å². The lowest BCUT2D eigenvalue weighted by molar-refractivity contribution is -0.142. The molecule has 0 radical (unpaired) electrons. The second kappa shape index (κ2) is 13.9. The largest absolute Gasteiger partial charge is 0.497 e. The number of aryl methyl sites for hydroxylation is 1. The van der Waals surface area contributed by atoms with Crippen molar-refractivity contribution in [2.24, 2.45) is 0 Å². The molecule has 0 aromatic heterocycles. The molecule has 1 atom stereocenters. The number of nitrogens with one attached hydrogen (secondary N) is 1. The van der Waals surface area contributed by atoms with E-state index in [4.69, 9.17) is 9.47 Å². The number of nitrogens with zero attached hydrogens (tertiary/aromatic N) is 1. The normalized spacial score (nSPS) is 11.4. The van der Waals surface area contributed by atoms with Crippen LogP contribution in [0.1, 0.15) is 36.5 Å². The maximum absolute atomic E-state index is 13.6. The number of para-hydroxylation sites is 1. The Morgan fingerprint density at radius 1 is 0.944 bits per heavy atom. The third-order valence-corrected chi connectivity index (χ3v) is 6.03. The topological polar surface area (TPSA) is 67.9 Å². The molecule has 3 aromatic rings. The van der Waals surface area contributed by atoms with E-state index in [1.165, 1.54) is 0 Å². The average molecular weight is 489 g/mol. The number of rotatable bonds is 13. The first kappa shape index (κ1) is 26.8. The van der Waals surface area contributed by atoms with E-state index in [2.05, 4.69) is 12.2 Å². The van der Waals surface area contributed by atoms with E-state index in [1.54, 1.807) is 12.0 Å². The Balaban J connectivity index is 1.91. The summed E-state index contributed by atoms with van der Waals surface area (Å²) in [6.45, 7) is 4.68. The van der Waals surface area contributed by atoms with Gasteiger partial charge in [-0.05, 0) is 48.2 Å². The minimum atomic E-state index is -0.691. The summed E-state index contributed by atoms with van der Waals surface area (Å²) in [5.41, 5.74) is 2.80. The van der Waals surface area contributed by atoms with Crippen LogP contribution in [-0.2, 0) is 22.6 Å². The Morgan fingerprint density at radius 2 is 1.67 bits per heavy atom. The van der Waals surface area contributed by atoms with Gasteiger partial charge >= 0.3 is 0 Å². The average Bonchev–Trinajstić information content (AvgIpc) is 2.90. The zero-order chi connectivity index (χ0) is 25.8. The molecule has 3 rings (SSSR count). The van der Waals surface area contributed by atoms with Crippen LogP contribution in [0.15, 0.2) is 78.9 Å². The molecule has 0 saturated heterocycles. The molecule has 0 fully saturated rings. The number of carbonyl (C=O) groups excluding carboxylic acids is 2. The molecule has 0 aliphatic heterocycles. The molecule has 0 spiro atoms. The highest BCUT2D eigenvalue weighted by atomic mass is 16.5. The first-order valence-electron chi connectivity index (χ1n) is 12.4. The summed E-state index contributed by atoms with van der Waals surface area (Å²) >= 11 is 0. The van der Waals surface area contributed by atoms with Gasteiger partial charge in [0.2, 0.25) is 5.91 Å². The molecular weight excluding hydrogens is 452 g/mol. The Kier molecular flexibility index (Phi) is 10.4. The van der Waals surface area contributed by atoms with Gasteiger partial charge in [-0.1, -0.05) is 74.0 Å². The van der Waals surface area contributed by atoms with Gasteiger partial charge in [0.25, 0.3) is 5.91 Å². The predicted molar refractivity (Wildman–Crippen MR) is 142 cm³/mol. The van der Waals surface area contributed by atoms with Gasteiger partial charge in [0, 0.05) is 19.5 Å². The van der Waals surface area contributed by atoms with Gasteiger partial charge in [-0.25, -0.2) is 0 Å². The number of benzene rings is 3. The van der Waals surface area contributed by atoms with Crippen molar-refractivity contribution in [1.29, 1.82) is 0 Å². The molecule has 2 amide bonds. The molecule has 0 aliphatic carbocycles. The fourth-order valence-electron chi connectivity index (χ4n) is 3.97. The molecule has 0 heterocycles. The lowest BCUT2D eigenvalue weighted by Crippen LogP contribution is -2.51. The van der Waals surface area contributed by atoms with Gasteiger partial charge in [0.05, 0.1) is 7.11 Å². The highest BCUT2D eigenvalue weighted by molar-refractivity contribution is 5.88. The van der Waals surface area contributed by atoms with Crippen LogP contribution in [0.4, 0.5) is 0 Å². The van der Waals surface area contributed by atoms with E-state index in [9.17, 15) is 9.59 Å². The van der Waals surface area contributed by atoms with Gasteiger partial charge in [0.1, 0.15) is 17.5 Å². The minimum Gasteiger partial charge on any atom is -0.497 e. The molecule has 0 aliphatic rings. The maximum Gasteiger partial charge on any atom is 0.261 e. The van der Waals surface area contributed by atoms with Crippen LogP contribution in [0.25, 0.3) is 0 Å². The molecule has 6 heteroatoms. The van der Waals surface area contributed by atoms with Crippen molar-refractivity contribution >= 4 is 11.8 Å². The van der Waals surface area contributed by atoms with Gasteiger partial charge in [-0.15, -0.1) is 0 Å². The monoisotopic (exact) mass is 488 g/mol. The SMILES string of the molecule is CCCCNC(=O)[C@H](Cc1ccccc1)N(Cc1cccc(OC)c1)C(=O)COc1ccccc1C. The predicted octanol–water partition coefficient (Wildman–Crippen LogP) is 4.94. The summed E-state index contributed by atoms with van der Waals surface area (Å²) in [7, 11) is 1.61. The lowest BCUT2D eigenvalue weighted by Gasteiger charge is -2.31. The molecule has 3 aromatic carbocycles. The molecule has 190 valence electrons. The van der Waals surface area contributed by atoms with Gasteiger partial charge in [-0.3, -0.25) is 9.59 Å². The van der Waals surface area contributed by atoms with Crippen LogP contribution < -0.4 is 14.8 Å². The summed E-state index contributed by atoms with van der Waals surface area (Å²) in [6.07, 6.45) is 2.25. The molecule has 0 saturated carbocycles. The van der Waals surface area contributed by atoms with Gasteiger partial charge < -0.3 is 19.7 Å². The summed E-state index contributed by atoms with van der Waals surface area (Å²) in [5.74, 6) is 0.925. The Hall–Kier alpha value is -3.80. The number of amides is 2. The minimum absolute atomic E-state index is 0.164. The van der Waals surface area contributed by atoms with Crippen molar-refractivity contribution in [3.8, 4) is 11.5 Å². The first-order valence-corrected chi connectivity index (χ1v) is 12.4. The third kappa shape index (κ3) is 7.87. The van der Waals surface area contributed by atoms with Crippen LogP contribution in [0.5, 0.6) is 11.5 Å². The summed E-state index contributed by atoms with van der Waals surface area (Å²) < 4.78 is 11.3. The Morgan fingerprint density at radius 3 is 2.39 bits per heavy atom. The number of carbonyl (C=O) groups is 2. The Labute approximate surface area is 214 Å². The van der Waals surface area contributed by atoms with Crippen molar-refractivity contribution < 1.29 is 19.1 Å². The molecule has 0 bridgehead atoms. The zero-order valence-corrected chi connectivity index (χ0v) is 21.4. The smallest absolute Gasteiger partial charge is 0.261 e. The van der Waals surface area contributed by atoms with Crippen molar-refractivity contribution in [2.75, 3.05) is 20.3 Å². The number of hydrogen-bond acceptors (Lipinski definition) is 4. The number of hydrogen-bond donors (Lipinski definition) is 1. The van der Waals surface area contributed by atoms with E-state index < -0.39 is 6.04 Å². The summed E-state index contributed by atoms with van der Waals surface area (Å²) in [6, 6.07) is 24.2. The highest BCUT2D eigenvalue weighted by Crippen LogP contribution is 2.20. The lowest BCUT2D eigenvalue weighted by atomic mass is 10.0. The summed E-state index contributed by atoms with van der Waals surface area (Å²) in [4.78, 5) is 28.7. The van der Waals surface area contributed by atoms with Crippen LogP contribution in [0, 0.1) is 6.92 Å². The second-order valence-corrected chi connectivity index (χ2v) is 8.78. The Bertz CT molecular complexity index is 1120. The van der Waals surface area contributed by atoms with E-state index in [1.807, 2.05) is 85.8 Å². The van der Waals surface area contributed by atoms with Crippen LogP contribution in [-0.4, -0.2) is 43.0 Å². The quantitative estimate of drug-likeness (QED) is 0.346. The van der Waals surface area contributed by atoms with Crippen molar-refractivity contribution in [2.45, 2.75) is 45.7 Å². The van der Waals surface area contributed by atoms with E-state index in [0.717, 1.165) is 29.5 Å². The molecule has 6 nitrogen and oxygen atoms in total. The second-order valence-electron chi connectivity index (χ2n) is 8.78. The van der Waals surface area contributed by atoms with E-state index >= 15 is 0 Å². The van der Waals surface area contributed by atoms with Crippen LogP contribution >= 0.6 is 0 Å². The standard InChI is InChI=1S/C30H36N2O4/c1-4-5-18-31-30(34)27(20-24-13-7-6-8-14-24)32(21-25-15-11-16-26(19-25)35-3)29(33)22-36-28-17-10-9-12-23(28)2/h6-17,19,27H,4-5,18,20-22H2,1-3H3,(H,31,34)/t27-/m0/s1. The number of unbranched alkanes of at least 4 members (excludes halogenated alkanes) is 1. The molecule has 36 heavy (non-hydrogen) atoms. The van der Waals surface area contributed by atoms with E-state index in [-0.39, 0.29) is 25.0 Å². The fourth-order valence-corrected chi connectivity index (χ4v) is 3.97.